The van der Waals surface area contributed by atoms with Crippen molar-refractivity contribution in [3.05, 3.63) is 41.7 Å². The first-order chi connectivity index (χ1) is 9.65. The van der Waals surface area contributed by atoms with Crippen molar-refractivity contribution in [3.8, 4) is 11.3 Å². The number of rotatable bonds is 6. The summed E-state index contributed by atoms with van der Waals surface area (Å²) in [6.45, 7) is 0.461. The number of hydrogen-bond donors (Lipinski definition) is 1. The molecule has 0 aliphatic carbocycles. The lowest BCUT2D eigenvalue weighted by molar-refractivity contribution is 0.0275. The third-order valence-corrected chi connectivity index (χ3v) is 2.90. The molecular formula is C14H15NO5. The van der Waals surface area contributed by atoms with Crippen LogP contribution in [-0.4, -0.2) is 37.1 Å². The minimum atomic E-state index is -1.14. The minimum absolute atomic E-state index is 0.138. The van der Waals surface area contributed by atoms with Crippen molar-refractivity contribution >= 4 is 5.97 Å². The van der Waals surface area contributed by atoms with Gasteiger partial charge in [-0.2, -0.15) is 0 Å². The Balaban J connectivity index is 2.20. The van der Waals surface area contributed by atoms with Gasteiger partial charge < -0.3 is 19.1 Å². The third-order valence-electron chi connectivity index (χ3n) is 2.90. The number of nitrogens with zero attached hydrogens (tertiary/aromatic N) is 1. The van der Waals surface area contributed by atoms with Crippen LogP contribution in [0.5, 0.6) is 0 Å². The Kier molecular flexibility index (Phi) is 4.49. The monoisotopic (exact) mass is 277 g/mol. The van der Waals surface area contributed by atoms with Crippen LogP contribution in [0, 0.1) is 0 Å². The fourth-order valence-electron chi connectivity index (χ4n) is 1.83. The van der Waals surface area contributed by atoms with Crippen molar-refractivity contribution in [1.29, 1.82) is 0 Å². The van der Waals surface area contributed by atoms with Gasteiger partial charge in [0.1, 0.15) is 11.8 Å². The first-order valence-corrected chi connectivity index (χ1v) is 5.97. The normalized spacial score (nSPS) is 12.3. The summed E-state index contributed by atoms with van der Waals surface area (Å²) < 4.78 is 15.1. The van der Waals surface area contributed by atoms with Gasteiger partial charge in [-0.1, -0.05) is 29.4 Å². The summed E-state index contributed by atoms with van der Waals surface area (Å²) in [7, 11) is 3.23. The zero-order valence-corrected chi connectivity index (χ0v) is 11.2. The molecule has 0 spiro atoms. The van der Waals surface area contributed by atoms with Crippen LogP contribution in [0.3, 0.4) is 0 Å². The van der Waals surface area contributed by atoms with Gasteiger partial charge in [0.25, 0.3) is 0 Å². The Morgan fingerprint density at radius 1 is 1.35 bits per heavy atom. The number of aromatic nitrogens is 1. The molecule has 0 radical (unpaired) electrons. The van der Waals surface area contributed by atoms with E-state index in [-0.39, 0.29) is 11.9 Å². The highest BCUT2D eigenvalue weighted by Crippen LogP contribution is 2.23. The second kappa shape index (κ2) is 6.31. The fraction of sp³-hybridized carbons (Fsp3) is 0.286. The summed E-state index contributed by atoms with van der Waals surface area (Å²) >= 11 is 0. The molecule has 2 aromatic rings. The van der Waals surface area contributed by atoms with Gasteiger partial charge in [-0.3, -0.25) is 0 Å². The lowest BCUT2D eigenvalue weighted by atomic mass is 10.1. The molecule has 6 nitrogen and oxygen atoms in total. The molecule has 0 aliphatic rings. The van der Waals surface area contributed by atoms with E-state index in [0.717, 1.165) is 11.1 Å². The number of carboxylic acids is 1. The quantitative estimate of drug-likeness (QED) is 0.873. The molecule has 2 rings (SSSR count). The number of methoxy groups -OCH3 is 2. The first-order valence-electron chi connectivity index (χ1n) is 5.97. The van der Waals surface area contributed by atoms with Gasteiger partial charge in [-0.15, -0.1) is 0 Å². The summed E-state index contributed by atoms with van der Waals surface area (Å²) in [4.78, 5) is 10.7. The number of benzene rings is 1. The van der Waals surface area contributed by atoms with Crippen molar-refractivity contribution in [2.45, 2.75) is 6.10 Å². The number of carboxylic acid groups (broad SMARTS) is 1. The smallest absolute Gasteiger partial charge is 0.374 e. The molecule has 1 heterocycles. The van der Waals surface area contributed by atoms with Gasteiger partial charge >= 0.3 is 5.97 Å². The van der Waals surface area contributed by atoms with Crippen LogP contribution in [0.1, 0.15) is 22.2 Å². The lowest BCUT2D eigenvalue weighted by Gasteiger charge is -2.14. The molecular weight excluding hydrogens is 262 g/mol. The summed E-state index contributed by atoms with van der Waals surface area (Å²) in [5.74, 6) is -1.32. The van der Waals surface area contributed by atoms with Gasteiger partial charge in [0, 0.05) is 25.8 Å². The lowest BCUT2D eigenvalue weighted by Crippen LogP contribution is -2.08. The van der Waals surface area contributed by atoms with Crippen LogP contribution in [0.25, 0.3) is 11.3 Å². The van der Waals surface area contributed by atoms with Crippen LogP contribution >= 0.6 is 0 Å². The van der Waals surface area contributed by atoms with E-state index >= 15 is 0 Å². The topological polar surface area (TPSA) is 81.8 Å². The summed E-state index contributed by atoms with van der Waals surface area (Å²) in [6.07, 6.45) is -0.138. The predicted molar refractivity (Wildman–Crippen MR) is 70.5 cm³/mol. The van der Waals surface area contributed by atoms with Crippen LogP contribution in [0.2, 0.25) is 0 Å². The van der Waals surface area contributed by atoms with Gasteiger partial charge in [0.15, 0.2) is 0 Å². The fourth-order valence-corrected chi connectivity index (χ4v) is 1.83. The maximum atomic E-state index is 10.7. The number of aromatic carboxylic acids is 1. The molecule has 20 heavy (non-hydrogen) atoms. The number of ether oxygens (including phenoxy) is 2. The van der Waals surface area contributed by atoms with Crippen molar-refractivity contribution in [2.75, 3.05) is 20.8 Å². The van der Waals surface area contributed by atoms with Gasteiger partial charge in [0.2, 0.25) is 5.76 Å². The second-order valence-electron chi connectivity index (χ2n) is 4.18. The Bertz CT molecular complexity index is 576. The molecule has 0 amide bonds. The van der Waals surface area contributed by atoms with Crippen LogP contribution in [0.4, 0.5) is 0 Å². The molecule has 1 unspecified atom stereocenters. The van der Waals surface area contributed by atoms with E-state index < -0.39 is 5.97 Å². The average molecular weight is 277 g/mol. The molecule has 1 aromatic carbocycles. The Labute approximate surface area is 115 Å². The maximum absolute atomic E-state index is 10.7. The Morgan fingerprint density at radius 2 is 2.05 bits per heavy atom. The van der Waals surface area contributed by atoms with Crippen LogP contribution < -0.4 is 0 Å². The van der Waals surface area contributed by atoms with E-state index in [1.54, 1.807) is 14.2 Å². The zero-order chi connectivity index (χ0) is 14.5. The number of carbonyl (C=O) groups is 1. The predicted octanol–water partition coefficient (Wildman–Crippen LogP) is 2.37. The van der Waals surface area contributed by atoms with Crippen LogP contribution in [-0.2, 0) is 9.47 Å². The van der Waals surface area contributed by atoms with E-state index in [1.807, 2.05) is 24.3 Å². The zero-order valence-electron chi connectivity index (χ0n) is 11.2. The Hall–Kier alpha value is -2.18. The third kappa shape index (κ3) is 3.04. The van der Waals surface area contributed by atoms with Crippen LogP contribution in [0.15, 0.2) is 34.9 Å². The first kappa shape index (κ1) is 14.2. The number of hydrogen-bond acceptors (Lipinski definition) is 5. The highest BCUT2D eigenvalue weighted by molar-refractivity contribution is 5.85. The van der Waals surface area contributed by atoms with E-state index in [2.05, 4.69) is 5.16 Å². The van der Waals surface area contributed by atoms with Crippen molar-refractivity contribution < 1.29 is 23.9 Å². The molecule has 1 N–H and O–H groups in total. The summed E-state index contributed by atoms with van der Waals surface area (Å²) in [6, 6.07) is 8.83. The highest BCUT2D eigenvalue weighted by Gasteiger charge is 2.14. The molecule has 0 aliphatic heterocycles. The summed E-state index contributed by atoms with van der Waals surface area (Å²) in [5.41, 5.74) is 2.23. The molecule has 0 saturated heterocycles. The second-order valence-corrected chi connectivity index (χ2v) is 4.18. The molecule has 6 heteroatoms. The maximum Gasteiger partial charge on any atom is 0.374 e. The van der Waals surface area contributed by atoms with E-state index in [4.69, 9.17) is 19.1 Å². The molecule has 1 aromatic heterocycles. The highest BCUT2D eigenvalue weighted by atomic mass is 16.5. The standard InChI is InChI=1S/C14H15NO5/c1-18-8-13(19-2)10-5-3-9(4-6-10)11-7-12(14(16)17)20-15-11/h3-7,13H,8H2,1-2H3,(H,16,17). The van der Waals surface area contributed by atoms with Crippen molar-refractivity contribution in [2.24, 2.45) is 0 Å². The summed E-state index contributed by atoms with van der Waals surface area (Å²) in [5, 5.41) is 12.5. The molecule has 106 valence electrons. The molecule has 1 atom stereocenters. The molecule has 0 fully saturated rings. The van der Waals surface area contributed by atoms with E-state index in [9.17, 15) is 4.79 Å². The molecule has 0 bridgehead atoms. The largest absolute Gasteiger partial charge is 0.475 e. The Morgan fingerprint density at radius 3 is 2.55 bits per heavy atom. The SMILES string of the molecule is COCC(OC)c1ccc(-c2cc(C(=O)O)on2)cc1. The van der Waals surface area contributed by atoms with Gasteiger partial charge in [0.05, 0.1) is 6.61 Å². The molecule has 0 saturated carbocycles. The van der Waals surface area contributed by atoms with E-state index in [0.29, 0.717) is 12.3 Å². The van der Waals surface area contributed by atoms with Crippen molar-refractivity contribution in [3.63, 3.8) is 0 Å². The minimum Gasteiger partial charge on any atom is -0.475 e. The average Bonchev–Trinajstić information content (AvgIpc) is 2.95. The van der Waals surface area contributed by atoms with E-state index in [1.165, 1.54) is 6.07 Å². The van der Waals surface area contributed by atoms with Gasteiger partial charge in [-0.25, -0.2) is 4.79 Å². The van der Waals surface area contributed by atoms with Crippen molar-refractivity contribution in [1.82, 2.24) is 5.16 Å². The van der Waals surface area contributed by atoms with Gasteiger partial charge in [-0.05, 0) is 5.56 Å².